The fourth-order valence-corrected chi connectivity index (χ4v) is 3.24. The smallest absolute Gasteiger partial charge is 0.343 e. The molecule has 0 saturated carbocycles. The number of nitrogens with zero attached hydrogens (tertiary/aromatic N) is 2. The summed E-state index contributed by atoms with van der Waals surface area (Å²) in [6.45, 7) is 6.09. The summed E-state index contributed by atoms with van der Waals surface area (Å²) in [5, 5.41) is 10.7. The quantitative estimate of drug-likeness (QED) is 0.173. The minimum absolute atomic E-state index is 0.100. The van der Waals surface area contributed by atoms with Crippen LogP contribution in [0.15, 0.2) is 59.6 Å². The van der Waals surface area contributed by atoms with Crippen LogP contribution in [0.3, 0.4) is 0 Å². The summed E-state index contributed by atoms with van der Waals surface area (Å²) in [5.41, 5.74) is 5.17. The molecule has 7 nitrogen and oxygen atoms in total. The minimum Gasteiger partial charge on any atom is -0.493 e. The molecular weight excluding hydrogens is 396 g/mol. The third-order valence-corrected chi connectivity index (χ3v) is 4.68. The molecular formula is C24H22N2O5. The second-order valence-electron chi connectivity index (χ2n) is 7.11. The van der Waals surface area contributed by atoms with Gasteiger partial charge in [-0.25, -0.2) is 4.79 Å². The highest BCUT2D eigenvalue weighted by Crippen LogP contribution is 2.30. The maximum atomic E-state index is 12.4. The van der Waals surface area contributed by atoms with Gasteiger partial charge in [0.25, 0.3) is 5.69 Å². The van der Waals surface area contributed by atoms with Crippen LogP contribution in [0.2, 0.25) is 0 Å². The molecule has 0 unspecified atom stereocenters. The van der Waals surface area contributed by atoms with Crippen molar-refractivity contribution in [1.29, 1.82) is 0 Å². The SMILES string of the molecule is COc1cc(C=Nc2c(C)cc(C)cc2C)ccc1OC(=O)c1ccc([N+](=O)[O-])cc1. The number of ether oxygens (including phenoxy) is 2. The zero-order valence-corrected chi connectivity index (χ0v) is 17.7. The summed E-state index contributed by atoms with van der Waals surface area (Å²) in [4.78, 5) is 27.2. The highest BCUT2D eigenvalue weighted by molar-refractivity contribution is 5.92. The first-order chi connectivity index (χ1) is 14.8. The van der Waals surface area contributed by atoms with Crippen molar-refractivity contribution in [2.45, 2.75) is 20.8 Å². The van der Waals surface area contributed by atoms with E-state index in [4.69, 9.17) is 9.47 Å². The number of aryl methyl sites for hydroxylation is 3. The molecule has 0 aliphatic heterocycles. The standard InChI is InChI=1S/C24H22N2O5/c1-15-11-16(2)23(17(3)12-15)25-14-18-5-10-21(22(13-18)30-4)31-24(27)19-6-8-20(9-7-19)26(28)29/h5-14H,1-4H3. The summed E-state index contributed by atoms with van der Waals surface area (Å²) >= 11 is 0. The molecule has 0 aliphatic carbocycles. The van der Waals surface area contributed by atoms with Crippen LogP contribution in [0.5, 0.6) is 11.5 Å². The van der Waals surface area contributed by atoms with Crippen LogP contribution in [0.4, 0.5) is 11.4 Å². The largest absolute Gasteiger partial charge is 0.493 e. The van der Waals surface area contributed by atoms with Crippen molar-refractivity contribution >= 4 is 23.6 Å². The number of methoxy groups -OCH3 is 1. The summed E-state index contributed by atoms with van der Waals surface area (Å²) in [6, 6.07) is 14.5. The van der Waals surface area contributed by atoms with E-state index in [1.54, 1.807) is 24.4 Å². The second kappa shape index (κ2) is 9.21. The van der Waals surface area contributed by atoms with E-state index in [-0.39, 0.29) is 17.0 Å². The van der Waals surface area contributed by atoms with Crippen molar-refractivity contribution in [1.82, 2.24) is 0 Å². The molecule has 0 aliphatic rings. The van der Waals surface area contributed by atoms with Crippen molar-refractivity contribution in [3.8, 4) is 11.5 Å². The zero-order valence-electron chi connectivity index (χ0n) is 17.7. The molecule has 31 heavy (non-hydrogen) atoms. The van der Waals surface area contributed by atoms with Crippen LogP contribution >= 0.6 is 0 Å². The summed E-state index contributed by atoms with van der Waals surface area (Å²) in [6.07, 6.45) is 1.73. The Bertz CT molecular complexity index is 1140. The number of nitro benzene ring substituents is 1. The van der Waals surface area contributed by atoms with Crippen LogP contribution in [0.1, 0.15) is 32.6 Å². The number of carbonyl (C=O) groups is 1. The fraction of sp³-hybridized carbons (Fsp3) is 0.167. The minimum atomic E-state index is -0.638. The van der Waals surface area contributed by atoms with Crippen molar-refractivity contribution in [3.05, 3.63) is 92.5 Å². The highest BCUT2D eigenvalue weighted by atomic mass is 16.6. The van der Waals surface area contributed by atoms with Gasteiger partial charge in [0.05, 0.1) is 23.3 Å². The zero-order chi connectivity index (χ0) is 22.5. The van der Waals surface area contributed by atoms with E-state index in [0.717, 1.165) is 22.4 Å². The van der Waals surface area contributed by atoms with E-state index in [9.17, 15) is 14.9 Å². The third kappa shape index (κ3) is 5.14. The van der Waals surface area contributed by atoms with Gasteiger partial charge >= 0.3 is 5.97 Å². The van der Waals surface area contributed by atoms with E-state index in [1.807, 2.05) is 13.8 Å². The normalized spacial score (nSPS) is 10.8. The van der Waals surface area contributed by atoms with E-state index in [1.165, 1.54) is 36.9 Å². The molecule has 158 valence electrons. The molecule has 3 aromatic rings. The molecule has 7 heteroatoms. The number of esters is 1. The number of non-ortho nitro benzene ring substituents is 1. The maximum absolute atomic E-state index is 12.4. The first-order valence-electron chi connectivity index (χ1n) is 9.55. The maximum Gasteiger partial charge on any atom is 0.343 e. The number of hydrogen-bond acceptors (Lipinski definition) is 6. The molecule has 0 bridgehead atoms. The van der Waals surface area contributed by atoms with Gasteiger partial charge in [-0.3, -0.25) is 15.1 Å². The van der Waals surface area contributed by atoms with Crippen LogP contribution in [-0.4, -0.2) is 24.2 Å². The van der Waals surface area contributed by atoms with Gasteiger partial charge in [0.15, 0.2) is 11.5 Å². The fourth-order valence-electron chi connectivity index (χ4n) is 3.24. The summed E-state index contributed by atoms with van der Waals surface area (Å²) in [7, 11) is 1.48. The van der Waals surface area contributed by atoms with Gasteiger partial charge in [-0.05, 0) is 67.8 Å². The number of carbonyl (C=O) groups excluding carboxylic acids is 1. The second-order valence-corrected chi connectivity index (χ2v) is 7.11. The Hall–Kier alpha value is -4.00. The van der Waals surface area contributed by atoms with Crippen LogP contribution < -0.4 is 9.47 Å². The number of rotatable bonds is 6. The van der Waals surface area contributed by atoms with Crippen molar-refractivity contribution in [2.75, 3.05) is 7.11 Å². The molecule has 0 amide bonds. The average Bonchev–Trinajstić information content (AvgIpc) is 2.73. The van der Waals surface area contributed by atoms with E-state index in [2.05, 4.69) is 24.0 Å². The molecule has 0 spiro atoms. The average molecular weight is 418 g/mol. The summed E-state index contributed by atoms with van der Waals surface area (Å²) < 4.78 is 10.8. The Morgan fingerprint density at radius 2 is 1.61 bits per heavy atom. The van der Waals surface area contributed by atoms with E-state index in [0.29, 0.717) is 5.75 Å². The summed E-state index contributed by atoms with van der Waals surface area (Å²) in [5.74, 6) is -0.0252. The lowest BCUT2D eigenvalue weighted by Crippen LogP contribution is -2.09. The number of hydrogen-bond donors (Lipinski definition) is 0. The first-order valence-corrected chi connectivity index (χ1v) is 9.55. The first kappa shape index (κ1) is 21.7. The lowest BCUT2D eigenvalue weighted by molar-refractivity contribution is -0.384. The molecule has 3 rings (SSSR count). The van der Waals surface area contributed by atoms with Gasteiger partial charge in [0.1, 0.15) is 0 Å². The predicted octanol–water partition coefficient (Wildman–Crippen LogP) is 5.50. The number of nitro groups is 1. The molecule has 0 saturated heterocycles. The van der Waals surface area contributed by atoms with Gasteiger partial charge in [-0.1, -0.05) is 17.7 Å². The van der Waals surface area contributed by atoms with Gasteiger partial charge in [-0.15, -0.1) is 0 Å². The lowest BCUT2D eigenvalue weighted by Gasteiger charge is -2.10. The van der Waals surface area contributed by atoms with Crippen LogP contribution in [-0.2, 0) is 0 Å². The number of benzene rings is 3. The molecule has 3 aromatic carbocycles. The predicted molar refractivity (Wildman–Crippen MR) is 119 cm³/mol. The lowest BCUT2D eigenvalue weighted by atomic mass is 10.1. The molecule has 0 fully saturated rings. The van der Waals surface area contributed by atoms with Gasteiger partial charge in [0.2, 0.25) is 0 Å². The van der Waals surface area contributed by atoms with Gasteiger partial charge in [0, 0.05) is 18.3 Å². The topological polar surface area (TPSA) is 91.0 Å². The molecule has 0 atom stereocenters. The number of aliphatic imine (C=N–C) groups is 1. The van der Waals surface area contributed by atoms with Crippen molar-refractivity contribution in [2.24, 2.45) is 4.99 Å². The molecule has 0 heterocycles. The third-order valence-electron chi connectivity index (χ3n) is 4.68. The van der Waals surface area contributed by atoms with Crippen molar-refractivity contribution < 1.29 is 19.2 Å². The Kier molecular flexibility index (Phi) is 6.45. The Morgan fingerprint density at radius 1 is 0.968 bits per heavy atom. The monoisotopic (exact) mass is 418 g/mol. The highest BCUT2D eigenvalue weighted by Gasteiger charge is 2.14. The molecule has 0 radical (unpaired) electrons. The van der Waals surface area contributed by atoms with E-state index >= 15 is 0 Å². The molecule has 0 aromatic heterocycles. The van der Waals surface area contributed by atoms with Gasteiger partial charge < -0.3 is 9.47 Å². The van der Waals surface area contributed by atoms with Crippen LogP contribution in [0.25, 0.3) is 0 Å². The van der Waals surface area contributed by atoms with E-state index < -0.39 is 10.9 Å². The van der Waals surface area contributed by atoms with Crippen LogP contribution in [0, 0.1) is 30.9 Å². The molecule has 0 N–H and O–H groups in total. The Labute approximate surface area is 180 Å². The Morgan fingerprint density at radius 3 is 2.19 bits per heavy atom. The Balaban J connectivity index is 1.80. The van der Waals surface area contributed by atoms with Crippen molar-refractivity contribution in [3.63, 3.8) is 0 Å². The van der Waals surface area contributed by atoms with Gasteiger partial charge in [-0.2, -0.15) is 0 Å².